The number of ether oxygens (including phenoxy) is 1. The molecule has 1 aliphatic heterocycles. The first-order valence-corrected chi connectivity index (χ1v) is 6.81. The molecule has 1 aliphatic rings. The Balaban J connectivity index is 1.89. The fourth-order valence-electron chi connectivity index (χ4n) is 2.57. The zero-order valence-corrected chi connectivity index (χ0v) is 11.3. The first-order chi connectivity index (χ1) is 9.75. The van der Waals surface area contributed by atoms with E-state index < -0.39 is 6.10 Å². The number of nitrogens with one attached hydrogen (secondary N) is 1. The molecule has 3 nitrogen and oxygen atoms in total. The topological polar surface area (TPSA) is 38.3 Å². The summed E-state index contributed by atoms with van der Waals surface area (Å²) in [4.78, 5) is 12.1. The van der Waals surface area contributed by atoms with E-state index in [4.69, 9.17) is 4.74 Å². The Kier molecular flexibility index (Phi) is 3.52. The molecule has 0 bridgehead atoms. The maximum atomic E-state index is 12.1. The Labute approximate surface area is 118 Å². The van der Waals surface area contributed by atoms with Crippen LogP contribution in [0.2, 0.25) is 0 Å². The fourth-order valence-corrected chi connectivity index (χ4v) is 2.57. The highest BCUT2D eigenvalue weighted by Gasteiger charge is 2.35. The molecule has 20 heavy (non-hydrogen) atoms. The van der Waals surface area contributed by atoms with E-state index in [-0.39, 0.29) is 18.1 Å². The maximum Gasteiger partial charge on any atom is 0.254 e. The number of carbonyl (C=O) groups is 1. The Morgan fingerprint density at radius 2 is 1.45 bits per heavy atom. The SMILES string of the molecule is CC1NC(=O)C(c2ccccc2)OC1c1ccccc1. The van der Waals surface area contributed by atoms with Gasteiger partial charge in [-0.15, -0.1) is 0 Å². The molecule has 1 N–H and O–H groups in total. The highest BCUT2D eigenvalue weighted by Crippen LogP contribution is 2.33. The van der Waals surface area contributed by atoms with Crippen molar-refractivity contribution in [2.24, 2.45) is 0 Å². The monoisotopic (exact) mass is 267 g/mol. The number of benzene rings is 2. The van der Waals surface area contributed by atoms with Crippen molar-refractivity contribution in [3.63, 3.8) is 0 Å². The summed E-state index contributed by atoms with van der Waals surface area (Å²) in [5.41, 5.74) is 1.97. The lowest BCUT2D eigenvalue weighted by atomic mass is 9.98. The summed E-state index contributed by atoms with van der Waals surface area (Å²) in [6.07, 6.45) is -0.670. The van der Waals surface area contributed by atoms with Crippen molar-refractivity contribution in [2.45, 2.75) is 25.2 Å². The van der Waals surface area contributed by atoms with E-state index in [0.29, 0.717) is 0 Å². The van der Waals surface area contributed by atoms with Crippen LogP contribution in [0.3, 0.4) is 0 Å². The molecule has 0 saturated carbocycles. The minimum Gasteiger partial charge on any atom is -0.354 e. The van der Waals surface area contributed by atoms with Gasteiger partial charge < -0.3 is 10.1 Å². The summed E-state index contributed by atoms with van der Waals surface area (Å²) in [7, 11) is 0. The van der Waals surface area contributed by atoms with E-state index in [1.54, 1.807) is 0 Å². The van der Waals surface area contributed by atoms with Crippen molar-refractivity contribution >= 4 is 5.91 Å². The molecule has 0 spiro atoms. The van der Waals surface area contributed by atoms with Crippen LogP contribution in [-0.4, -0.2) is 11.9 Å². The van der Waals surface area contributed by atoms with Gasteiger partial charge in [0.2, 0.25) is 0 Å². The van der Waals surface area contributed by atoms with E-state index in [1.807, 2.05) is 67.6 Å². The van der Waals surface area contributed by atoms with Crippen molar-refractivity contribution in [3.05, 3.63) is 71.8 Å². The zero-order chi connectivity index (χ0) is 13.9. The number of hydrogen-bond acceptors (Lipinski definition) is 2. The molecule has 0 radical (unpaired) electrons. The minimum absolute atomic E-state index is 0.0372. The van der Waals surface area contributed by atoms with Crippen LogP contribution in [0.5, 0.6) is 0 Å². The molecule has 2 aromatic rings. The summed E-state index contributed by atoms with van der Waals surface area (Å²) in [5, 5.41) is 3.01. The van der Waals surface area contributed by atoms with Crippen LogP contribution >= 0.6 is 0 Å². The normalized spacial score (nSPS) is 26.1. The van der Waals surface area contributed by atoms with Gasteiger partial charge in [-0.25, -0.2) is 0 Å². The van der Waals surface area contributed by atoms with Gasteiger partial charge in [-0.05, 0) is 18.1 Å². The van der Waals surface area contributed by atoms with E-state index in [2.05, 4.69) is 5.32 Å². The van der Waals surface area contributed by atoms with Gasteiger partial charge in [-0.2, -0.15) is 0 Å². The summed E-state index contributed by atoms with van der Waals surface area (Å²) >= 11 is 0. The van der Waals surface area contributed by atoms with Gasteiger partial charge >= 0.3 is 0 Å². The second kappa shape index (κ2) is 5.47. The van der Waals surface area contributed by atoms with Gasteiger partial charge in [-0.3, -0.25) is 4.79 Å². The lowest BCUT2D eigenvalue weighted by Gasteiger charge is -2.35. The van der Waals surface area contributed by atoms with Crippen LogP contribution in [0, 0.1) is 0 Å². The van der Waals surface area contributed by atoms with Gasteiger partial charge in [0.25, 0.3) is 5.91 Å². The third kappa shape index (κ3) is 2.45. The van der Waals surface area contributed by atoms with Crippen molar-refractivity contribution in [1.29, 1.82) is 0 Å². The first-order valence-electron chi connectivity index (χ1n) is 6.81. The molecule has 3 heteroatoms. The van der Waals surface area contributed by atoms with Gasteiger partial charge in [0.05, 0.1) is 6.04 Å². The maximum absolute atomic E-state index is 12.1. The van der Waals surface area contributed by atoms with Crippen LogP contribution in [0.1, 0.15) is 30.3 Å². The molecule has 1 saturated heterocycles. The van der Waals surface area contributed by atoms with Crippen molar-refractivity contribution in [2.75, 3.05) is 0 Å². The number of rotatable bonds is 2. The average molecular weight is 267 g/mol. The van der Waals surface area contributed by atoms with Crippen LogP contribution in [0.4, 0.5) is 0 Å². The molecule has 1 fully saturated rings. The van der Waals surface area contributed by atoms with Crippen LogP contribution < -0.4 is 5.32 Å². The van der Waals surface area contributed by atoms with E-state index >= 15 is 0 Å². The highest BCUT2D eigenvalue weighted by atomic mass is 16.5. The Bertz CT molecular complexity index is 582. The smallest absolute Gasteiger partial charge is 0.254 e. The van der Waals surface area contributed by atoms with Crippen molar-refractivity contribution in [1.82, 2.24) is 5.32 Å². The van der Waals surface area contributed by atoms with Gasteiger partial charge in [0.1, 0.15) is 6.10 Å². The Morgan fingerprint density at radius 3 is 2.05 bits per heavy atom. The third-order valence-corrected chi connectivity index (χ3v) is 3.58. The number of carbonyl (C=O) groups excluding carboxylic acids is 1. The molecule has 2 aromatic carbocycles. The minimum atomic E-state index is -0.544. The molecule has 1 amide bonds. The molecule has 3 rings (SSSR count). The largest absolute Gasteiger partial charge is 0.354 e. The average Bonchev–Trinajstić information content (AvgIpc) is 2.49. The fraction of sp³-hybridized carbons (Fsp3) is 0.235. The van der Waals surface area contributed by atoms with Crippen molar-refractivity contribution < 1.29 is 9.53 Å². The molecular weight excluding hydrogens is 250 g/mol. The van der Waals surface area contributed by atoms with E-state index in [1.165, 1.54) is 0 Å². The van der Waals surface area contributed by atoms with Crippen molar-refractivity contribution in [3.8, 4) is 0 Å². The summed E-state index contributed by atoms with van der Waals surface area (Å²) in [6.45, 7) is 1.97. The molecule has 0 aromatic heterocycles. The predicted molar refractivity (Wildman–Crippen MR) is 77.1 cm³/mol. The number of morpholine rings is 1. The van der Waals surface area contributed by atoms with Gasteiger partial charge in [0, 0.05) is 0 Å². The Hall–Kier alpha value is -2.13. The standard InChI is InChI=1S/C17H17NO2/c1-12-15(13-8-4-2-5-9-13)20-16(17(19)18-12)14-10-6-3-7-11-14/h2-12,15-16H,1H3,(H,18,19). The molecule has 3 unspecified atom stereocenters. The van der Waals surface area contributed by atoms with Crippen LogP contribution in [0.25, 0.3) is 0 Å². The molecule has 3 atom stereocenters. The summed E-state index contributed by atoms with van der Waals surface area (Å²) < 4.78 is 6.07. The van der Waals surface area contributed by atoms with E-state index in [9.17, 15) is 4.79 Å². The lowest BCUT2D eigenvalue weighted by molar-refractivity contribution is -0.150. The number of amides is 1. The van der Waals surface area contributed by atoms with Gasteiger partial charge in [-0.1, -0.05) is 60.7 Å². The second-order valence-electron chi connectivity index (χ2n) is 5.06. The third-order valence-electron chi connectivity index (χ3n) is 3.58. The summed E-state index contributed by atoms with van der Waals surface area (Å²) in [6, 6.07) is 19.6. The summed E-state index contributed by atoms with van der Waals surface area (Å²) in [5.74, 6) is -0.0733. The number of hydrogen-bond donors (Lipinski definition) is 1. The van der Waals surface area contributed by atoms with E-state index in [0.717, 1.165) is 11.1 Å². The lowest BCUT2D eigenvalue weighted by Crippen LogP contribution is -2.47. The van der Waals surface area contributed by atoms with Gasteiger partial charge in [0.15, 0.2) is 6.10 Å². The molecule has 0 aliphatic carbocycles. The molecule has 1 heterocycles. The van der Waals surface area contributed by atoms with Crippen LogP contribution in [-0.2, 0) is 9.53 Å². The molecular formula is C17H17NO2. The quantitative estimate of drug-likeness (QED) is 0.908. The first kappa shape index (κ1) is 12.9. The Morgan fingerprint density at radius 1 is 0.900 bits per heavy atom. The molecule has 102 valence electrons. The van der Waals surface area contributed by atoms with Crippen LogP contribution in [0.15, 0.2) is 60.7 Å². The highest BCUT2D eigenvalue weighted by molar-refractivity contribution is 5.83. The second-order valence-corrected chi connectivity index (χ2v) is 5.06. The zero-order valence-electron chi connectivity index (χ0n) is 11.3. The predicted octanol–water partition coefficient (Wildman–Crippen LogP) is 3.00.